The molecule has 1 aromatic carbocycles. The minimum atomic E-state index is -1.37. The van der Waals surface area contributed by atoms with Crippen molar-refractivity contribution in [2.24, 2.45) is 0 Å². The highest BCUT2D eigenvalue weighted by molar-refractivity contribution is 6.58. The van der Waals surface area contributed by atoms with Crippen molar-refractivity contribution >= 4 is 18.3 Å². The number of rotatable bonds is 2. The lowest BCUT2D eigenvalue weighted by Gasteiger charge is -2.29. The first-order valence-corrected chi connectivity index (χ1v) is 5.48. The lowest BCUT2D eigenvalue weighted by molar-refractivity contribution is 0.426. The third-order valence-corrected chi connectivity index (χ3v) is 2.89. The highest BCUT2D eigenvalue weighted by Gasteiger charge is 2.14. The smallest absolute Gasteiger partial charge is 0.423 e. The first kappa shape index (κ1) is 10.5. The molecule has 80 valence electrons. The molecule has 0 aliphatic carbocycles. The maximum Gasteiger partial charge on any atom is 0.488 e. The maximum atomic E-state index is 9.08. The molecule has 4 heteroatoms. The molecular weight excluding hydrogens is 189 g/mol. The Morgan fingerprint density at radius 1 is 1.07 bits per heavy atom. The van der Waals surface area contributed by atoms with Crippen molar-refractivity contribution in [2.75, 3.05) is 18.0 Å². The monoisotopic (exact) mass is 205 g/mol. The van der Waals surface area contributed by atoms with E-state index in [4.69, 9.17) is 10.0 Å². The van der Waals surface area contributed by atoms with Gasteiger partial charge in [0.2, 0.25) is 0 Å². The van der Waals surface area contributed by atoms with Crippen molar-refractivity contribution in [1.82, 2.24) is 0 Å². The Hall–Kier alpha value is -0.995. The molecule has 0 spiro atoms. The van der Waals surface area contributed by atoms with Gasteiger partial charge in [-0.25, -0.2) is 0 Å². The molecule has 1 saturated heterocycles. The van der Waals surface area contributed by atoms with Crippen LogP contribution in [0.2, 0.25) is 0 Å². The molecule has 2 N–H and O–H groups in total. The van der Waals surface area contributed by atoms with Gasteiger partial charge in [0.05, 0.1) is 0 Å². The molecule has 0 atom stereocenters. The standard InChI is InChI=1S/C11H16BNO2/c14-12(15)10-5-4-6-11(9-10)13-7-2-1-3-8-13/h4-6,9,14-15H,1-3,7-8H2. The number of hydrogen-bond donors (Lipinski definition) is 2. The van der Waals surface area contributed by atoms with E-state index >= 15 is 0 Å². The molecular formula is C11H16BNO2. The van der Waals surface area contributed by atoms with E-state index in [1.54, 1.807) is 6.07 Å². The van der Waals surface area contributed by atoms with Crippen molar-refractivity contribution in [3.05, 3.63) is 24.3 Å². The average molecular weight is 205 g/mol. The summed E-state index contributed by atoms with van der Waals surface area (Å²) in [6, 6.07) is 7.49. The highest BCUT2D eigenvalue weighted by Crippen LogP contribution is 2.18. The average Bonchev–Trinajstić information content (AvgIpc) is 2.30. The van der Waals surface area contributed by atoms with E-state index in [2.05, 4.69) is 4.90 Å². The molecule has 1 fully saturated rings. The Morgan fingerprint density at radius 2 is 1.80 bits per heavy atom. The Bertz CT molecular complexity index is 324. The lowest BCUT2D eigenvalue weighted by Crippen LogP contribution is -2.33. The minimum absolute atomic E-state index is 0.568. The van der Waals surface area contributed by atoms with Crippen molar-refractivity contribution < 1.29 is 10.0 Å². The molecule has 3 nitrogen and oxygen atoms in total. The van der Waals surface area contributed by atoms with Gasteiger partial charge in [0.1, 0.15) is 0 Å². The van der Waals surface area contributed by atoms with Crippen molar-refractivity contribution in [3.63, 3.8) is 0 Å². The molecule has 0 unspecified atom stereocenters. The van der Waals surface area contributed by atoms with Gasteiger partial charge < -0.3 is 14.9 Å². The first-order chi connectivity index (χ1) is 7.27. The molecule has 1 aromatic rings. The summed E-state index contributed by atoms with van der Waals surface area (Å²) in [6.45, 7) is 2.15. The quantitative estimate of drug-likeness (QED) is 0.685. The van der Waals surface area contributed by atoms with Crippen LogP contribution in [0.3, 0.4) is 0 Å². The third-order valence-electron chi connectivity index (χ3n) is 2.89. The van der Waals surface area contributed by atoms with E-state index in [1.165, 1.54) is 19.3 Å². The van der Waals surface area contributed by atoms with Gasteiger partial charge in [-0.1, -0.05) is 12.1 Å². The summed E-state index contributed by atoms with van der Waals surface area (Å²) in [7, 11) is -1.37. The predicted octanol–water partition coefficient (Wildman–Crippen LogP) is 0.357. The zero-order valence-electron chi connectivity index (χ0n) is 8.76. The second-order valence-corrected chi connectivity index (χ2v) is 4.02. The Morgan fingerprint density at radius 3 is 2.47 bits per heavy atom. The Balaban J connectivity index is 2.16. The fourth-order valence-corrected chi connectivity index (χ4v) is 2.03. The number of hydrogen-bond acceptors (Lipinski definition) is 3. The topological polar surface area (TPSA) is 43.7 Å². The normalized spacial score (nSPS) is 16.5. The summed E-state index contributed by atoms with van der Waals surface area (Å²) in [5.41, 5.74) is 1.67. The van der Waals surface area contributed by atoms with Crippen LogP contribution < -0.4 is 10.4 Å². The van der Waals surface area contributed by atoms with Gasteiger partial charge in [-0.3, -0.25) is 0 Å². The summed E-state index contributed by atoms with van der Waals surface area (Å²) in [5.74, 6) is 0. The van der Waals surface area contributed by atoms with Crippen LogP contribution in [0.25, 0.3) is 0 Å². The number of nitrogens with zero attached hydrogens (tertiary/aromatic N) is 1. The van der Waals surface area contributed by atoms with E-state index in [-0.39, 0.29) is 0 Å². The molecule has 15 heavy (non-hydrogen) atoms. The fraction of sp³-hybridized carbons (Fsp3) is 0.455. The van der Waals surface area contributed by atoms with E-state index in [9.17, 15) is 0 Å². The predicted molar refractivity (Wildman–Crippen MR) is 62.3 cm³/mol. The second kappa shape index (κ2) is 4.68. The molecule has 0 radical (unpaired) electrons. The van der Waals surface area contributed by atoms with Gasteiger partial charge in [-0.2, -0.15) is 0 Å². The lowest BCUT2D eigenvalue weighted by atomic mass is 9.80. The summed E-state index contributed by atoms with van der Waals surface area (Å²) < 4.78 is 0. The van der Waals surface area contributed by atoms with Crippen LogP contribution in [0, 0.1) is 0 Å². The fourth-order valence-electron chi connectivity index (χ4n) is 2.03. The summed E-state index contributed by atoms with van der Waals surface area (Å²) in [5, 5.41) is 18.2. The summed E-state index contributed by atoms with van der Waals surface area (Å²) in [6.07, 6.45) is 3.76. The number of benzene rings is 1. The molecule has 0 bridgehead atoms. The van der Waals surface area contributed by atoms with Crippen LogP contribution in [-0.2, 0) is 0 Å². The zero-order valence-corrected chi connectivity index (χ0v) is 8.76. The largest absolute Gasteiger partial charge is 0.488 e. The molecule has 0 amide bonds. The second-order valence-electron chi connectivity index (χ2n) is 4.02. The van der Waals surface area contributed by atoms with Crippen LogP contribution in [-0.4, -0.2) is 30.3 Å². The van der Waals surface area contributed by atoms with Gasteiger partial charge in [0, 0.05) is 18.8 Å². The number of piperidine rings is 1. The molecule has 1 aliphatic rings. The Labute approximate surface area is 90.5 Å². The van der Waals surface area contributed by atoms with Gasteiger partial charge in [-0.15, -0.1) is 0 Å². The molecule has 1 heterocycles. The molecule has 1 aliphatic heterocycles. The molecule has 2 rings (SSSR count). The van der Waals surface area contributed by atoms with Crippen LogP contribution in [0.15, 0.2) is 24.3 Å². The summed E-state index contributed by atoms with van der Waals surface area (Å²) >= 11 is 0. The van der Waals surface area contributed by atoms with Gasteiger partial charge in [0.25, 0.3) is 0 Å². The van der Waals surface area contributed by atoms with E-state index in [0.29, 0.717) is 5.46 Å². The highest BCUT2D eigenvalue weighted by atomic mass is 16.4. The summed E-state index contributed by atoms with van der Waals surface area (Å²) in [4.78, 5) is 2.30. The minimum Gasteiger partial charge on any atom is -0.423 e. The van der Waals surface area contributed by atoms with Crippen molar-refractivity contribution in [2.45, 2.75) is 19.3 Å². The van der Waals surface area contributed by atoms with Gasteiger partial charge in [0.15, 0.2) is 0 Å². The van der Waals surface area contributed by atoms with E-state index < -0.39 is 7.12 Å². The zero-order chi connectivity index (χ0) is 10.7. The number of anilines is 1. The first-order valence-electron chi connectivity index (χ1n) is 5.48. The van der Waals surface area contributed by atoms with Gasteiger partial charge >= 0.3 is 7.12 Å². The van der Waals surface area contributed by atoms with Gasteiger partial charge in [-0.05, 0) is 36.9 Å². The van der Waals surface area contributed by atoms with Crippen LogP contribution >= 0.6 is 0 Å². The maximum absolute atomic E-state index is 9.08. The van der Waals surface area contributed by atoms with Crippen LogP contribution in [0.5, 0.6) is 0 Å². The van der Waals surface area contributed by atoms with E-state index in [0.717, 1.165) is 18.8 Å². The molecule has 0 aromatic heterocycles. The van der Waals surface area contributed by atoms with E-state index in [1.807, 2.05) is 18.2 Å². The van der Waals surface area contributed by atoms with Crippen molar-refractivity contribution in [3.8, 4) is 0 Å². The third kappa shape index (κ3) is 2.52. The van der Waals surface area contributed by atoms with Crippen molar-refractivity contribution in [1.29, 1.82) is 0 Å². The molecule has 0 saturated carbocycles. The SMILES string of the molecule is OB(O)c1cccc(N2CCCCC2)c1. The van der Waals surface area contributed by atoms with Crippen LogP contribution in [0.1, 0.15) is 19.3 Å². The van der Waals surface area contributed by atoms with Crippen LogP contribution in [0.4, 0.5) is 5.69 Å². The Kier molecular flexibility index (Phi) is 3.28.